The minimum absolute atomic E-state index is 0.0679. The van der Waals surface area contributed by atoms with Crippen molar-refractivity contribution in [3.8, 4) is 5.75 Å². The highest BCUT2D eigenvalue weighted by atomic mass is 19.4. The van der Waals surface area contributed by atoms with E-state index in [1.54, 1.807) is 13.2 Å². The average Bonchev–Trinajstić information content (AvgIpc) is 2.28. The predicted molar refractivity (Wildman–Crippen MR) is 60.0 cm³/mol. The first-order valence-electron chi connectivity index (χ1n) is 5.39. The minimum atomic E-state index is -4.30. The molecule has 0 radical (unpaired) electrons. The van der Waals surface area contributed by atoms with Crippen molar-refractivity contribution in [3.63, 3.8) is 0 Å². The maximum Gasteiger partial charge on any atom is 0.403 e. The van der Waals surface area contributed by atoms with Gasteiger partial charge in [0.2, 0.25) is 0 Å². The van der Waals surface area contributed by atoms with Gasteiger partial charge in [-0.15, -0.1) is 0 Å². The molecule has 2 N–H and O–H groups in total. The summed E-state index contributed by atoms with van der Waals surface area (Å²) in [4.78, 5) is 0. The highest BCUT2D eigenvalue weighted by molar-refractivity contribution is 5.33. The van der Waals surface area contributed by atoms with E-state index in [2.05, 4.69) is 0 Å². The third-order valence-corrected chi connectivity index (χ3v) is 2.57. The quantitative estimate of drug-likeness (QED) is 0.868. The summed E-state index contributed by atoms with van der Waals surface area (Å²) in [5.74, 6) is 0.702. The number of hydrogen-bond donors (Lipinski definition) is 1. The van der Waals surface area contributed by atoms with Crippen LogP contribution in [0.15, 0.2) is 24.3 Å². The van der Waals surface area contributed by atoms with E-state index in [0.29, 0.717) is 18.6 Å². The third kappa shape index (κ3) is 4.26. The summed E-state index contributed by atoms with van der Waals surface area (Å²) >= 11 is 0. The number of aryl methyl sites for hydroxylation is 1. The van der Waals surface area contributed by atoms with E-state index in [4.69, 9.17) is 10.5 Å². The van der Waals surface area contributed by atoms with Gasteiger partial charge in [-0.3, -0.25) is 0 Å². The molecule has 0 spiro atoms. The first-order chi connectivity index (χ1) is 7.95. The van der Waals surface area contributed by atoms with Crippen LogP contribution < -0.4 is 10.5 Å². The fourth-order valence-electron chi connectivity index (χ4n) is 1.59. The van der Waals surface area contributed by atoms with Crippen LogP contribution in [0, 0.1) is 0 Å². The number of alkyl halides is 3. The van der Waals surface area contributed by atoms with Crippen molar-refractivity contribution in [1.29, 1.82) is 0 Å². The molecule has 0 fully saturated rings. The Hall–Kier alpha value is -1.23. The monoisotopic (exact) mass is 247 g/mol. The molecular weight excluding hydrogens is 231 g/mol. The lowest BCUT2D eigenvalue weighted by Gasteiger charge is -2.15. The molecule has 0 unspecified atom stereocenters. The number of halogens is 3. The second kappa shape index (κ2) is 5.91. The summed E-state index contributed by atoms with van der Waals surface area (Å²) in [6, 6.07) is 5.56. The fraction of sp³-hybridized carbons (Fsp3) is 0.500. The molecule has 1 atom stereocenters. The van der Waals surface area contributed by atoms with Gasteiger partial charge >= 0.3 is 6.18 Å². The number of hydrogen-bond acceptors (Lipinski definition) is 2. The van der Waals surface area contributed by atoms with Gasteiger partial charge in [0, 0.05) is 0 Å². The molecule has 1 aromatic carbocycles. The van der Waals surface area contributed by atoms with Gasteiger partial charge < -0.3 is 10.5 Å². The molecule has 2 nitrogen and oxygen atoms in total. The molecule has 0 heterocycles. The van der Waals surface area contributed by atoms with Crippen molar-refractivity contribution in [2.75, 3.05) is 7.11 Å². The summed E-state index contributed by atoms with van der Waals surface area (Å²) in [5.41, 5.74) is 5.94. The molecule has 0 aromatic heterocycles. The third-order valence-electron chi connectivity index (χ3n) is 2.57. The van der Waals surface area contributed by atoms with E-state index in [9.17, 15) is 13.2 Å². The van der Waals surface area contributed by atoms with Crippen LogP contribution in [0.5, 0.6) is 5.75 Å². The number of benzene rings is 1. The van der Waals surface area contributed by atoms with E-state index < -0.39 is 12.2 Å². The van der Waals surface area contributed by atoms with E-state index in [0.717, 1.165) is 5.56 Å². The summed E-state index contributed by atoms with van der Waals surface area (Å²) in [6.07, 6.45) is -3.45. The smallest absolute Gasteiger partial charge is 0.403 e. The number of rotatable bonds is 5. The van der Waals surface area contributed by atoms with Gasteiger partial charge in [0.05, 0.1) is 7.11 Å². The van der Waals surface area contributed by atoms with Crippen molar-refractivity contribution in [2.45, 2.75) is 31.5 Å². The summed E-state index contributed by atoms with van der Waals surface area (Å²) in [6.45, 7) is 0. The zero-order valence-corrected chi connectivity index (χ0v) is 9.63. The zero-order chi connectivity index (χ0) is 12.9. The first-order valence-corrected chi connectivity index (χ1v) is 5.39. The maximum absolute atomic E-state index is 12.2. The van der Waals surface area contributed by atoms with E-state index in [1.807, 2.05) is 18.2 Å². The van der Waals surface area contributed by atoms with Crippen LogP contribution in [-0.4, -0.2) is 19.3 Å². The summed E-state index contributed by atoms with van der Waals surface area (Å²) in [5, 5.41) is 0. The molecule has 1 rings (SSSR count). The van der Waals surface area contributed by atoms with Crippen LogP contribution in [-0.2, 0) is 6.42 Å². The Labute approximate surface area is 98.6 Å². The largest absolute Gasteiger partial charge is 0.496 e. The fourth-order valence-corrected chi connectivity index (χ4v) is 1.59. The Bertz CT molecular complexity index is 352. The van der Waals surface area contributed by atoms with Gasteiger partial charge in [-0.1, -0.05) is 18.2 Å². The zero-order valence-electron chi connectivity index (χ0n) is 9.63. The number of methoxy groups -OCH3 is 1. The van der Waals surface area contributed by atoms with Crippen LogP contribution >= 0.6 is 0 Å². The second-order valence-corrected chi connectivity index (χ2v) is 3.85. The molecule has 0 aliphatic rings. The summed E-state index contributed by atoms with van der Waals surface area (Å²) < 4.78 is 41.6. The van der Waals surface area contributed by atoms with Crippen LogP contribution in [0.3, 0.4) is 0 Å². The second-order valence-electron chi connectivity index (χ2n) is 3.85. The van der Waals surface area contributed by atoms with Crippen LogP contribution in [0.1, 0.15) is 18.4 Å². The first kappa shape index (κ1) is 13.8. The van der Waals surface area contributed by atoms with Gasteiger partial charge in [-0.2, -0.15) is 13.2 Å². The molecule has 0 saturated heterocycles. The number of nitrogens with two attached hydrogens (primary N) is 1. The molecule has 96 valence electrons. The minimum Gasteiger partial charge on any atom is -0.496 e. The molecular formula is C12H16F3NO. The number of ether oxygens (including phenoxy) is 1. The Morgan fingerprint density at radius 1 is 1.29 bits per heavy atom. The van der Waals surface area contributed by atoms with E-state index in [-0.39, 0.29) is 6.42 Å². The predicted octanol–water partition coefficient (Wildman–Crippen LogP) is 2.91. The van der Waals surface area contributed by atoms with Crippen molar-refractivity contribution < 1.29 is 17.9 Å². The van der Waals surface area contributed by atoms with Gasteiger partial charge in [0.15, 0.2) is 0 Å². The van der Waals surface area contributed by atoms with Crippen LogP contribution in [0.25, 0.3) is 0 Å². The maximum atomic E-state index is 12.2. The van der Waals surface area contributed by atoms with Crippen molar-refractivity contribution in [2.24, 2.45) is 5.73 Å². The summed E-state index contributed by atoms with van der Waals surface area (Å²) in [7, 11) is 1.54. The Morgan fingerprint density at radius 2 is 1.94 bits per heavy atom. The highest BCUT2D eigenvalue weighted by Gasteiger charge is 2.35. The van der Waals surface area contributed by atoms with Gasteiger partial charge in [-0.25, -0.2) is 0 Å². The topological polar surface area (TPSA) is 35.2 Å². The molecule has 1 aromatic rings. The van der Waals surface area contributed by atoms with Crippen LogP contribution in [0.2, 0.25) is 0 Å². The Morgan fingerprint density at radius 3 is 2.53 bits per heavy atom. The van der Waals surface area contributed by atoms with E-state index in [1.165, 1.54) is 0 Å². The van der Waals surface area contributed by atoms with Gasteiger partial charge in [0.25, 0.3) is 0 Å². The molecule has 0 aliphatic heterocycles. The number of para-hydroxylation sites is 1. The molecule has 0 saturated carbocycles. The molecule has 5 heteroatoms. The normalized spacial score (nSPS) is 13.5. The van der Waals surface area contributed by atoms with Crippen LogP contribution in [0.4, 0.5) is 13.2 Å². The highest BCUT2D eigenvalue weighted by Crippen LogP contribution is 2.24. The van der Waals surface area contributed by atoms with Crippen molar-refractivity contribution in [1.82, 2.24) is 0 Å². The SMILES string of the molecule is COc1ccccc1CCC[C@H](N)C(F)(F)F. The lowest BCUT2D eigenvalue weighted by atomic mass is 10.0. The lowest BCUT2D eigenvalue weighted by Crippen LogP contribution is -2.37. The molecule has 0 bridgehead atoms. The van der Waals surface area contributed by atoms with Gasteiger partial charge in [0.1, 0.15) is 11.8 Å². The van der Waals surface area contributed by atoms with E-state index >= 15 is 0 Å². The standard InChI is InChI=1S/C12H16F3NO/c1-17-10-7-3-2-5-9(10)6-4-8-11(16)12(13,14)15/h2-3,5,7,11H,4,6,8,16H2,1H3/t11-/m0/s1. The van der Waals surface area contributed by atoms with Crippen molar-refractivity contribution >= 4 is 0 Å². The molecule has 0 amide bonds. The lowest BCUT2D eigenvalue weighted by molar-refractivity contribution is -0.149. The average molecular weight is 247 g/mol. The van der Waals surface area contributed by atoms with Gasteiger partial charge in [-0.05, 0) is 30.9 Å². The Kier molecular flexibility index (Phi) is 4.81. The Balaban J connectivity index is 2.46. The van der Waals surface area contributed by atoms with Crippen molar-refractivity contribution in [3.05, 3.63) is 29.8 Å². The molecule has 17 heavy (non-hydrogen) atoms. The molecule has 0 aliphatic carbocycles.